The van der Waals surface area contributed by atoms with Crippen LogP contribution in [0.15, 0.2) is 24.3 Å². The van der Waals surface area contributed by atoms with Gasteiger partial charge in [0.25, 0.3) is 0 Å². The monoisotopic (exact) mass is 306 g/mol. The van der Waals surface area contributed by atoms with Gasteiger partial charge in [-0.3, -0.25) is 0 Å². The van der Waals surface area contributed by atoms with Crippen molar-refractivity contribution in [1.29, 1.82) is 0 Å². The standard InChI is InChI=1S/C11H15IO2/c1-2-13-7-8-14-9-10-3-5-11(12)6-4-10/h3-6H,2,7-9H2,1H3. The summed E-state index contributed by atoms with van der Waals surface area (Å²) in [7, 11) is 0. The molecule has 0 saturated carbocycles. The maximum atomic E-state index is 5.43. The highest BCUT2D eigenvalue weighted by atomic mass is 127. The Balaban J connectivity index is 2.15. The number of benzene rings is 1. The Hall–Kier alpha value is -0.130. The molecular weight excluding hydrogens is 291 g/mol. The van der Waals surface area contributed by atoms with Gasteiger partial charge in [0.15, 0.2) is 0 Å². The molecule has 0 amide bonds. The van der Waals surface area contributed by atoms with Gasteiger partial charge >= 0.3 is 0 Å². The SMILES string of the molecule is CCOCCOCc1ccc(I)cc1. The third-order valence-corrected chi connectivity index (χ3v) is 2.48. The molecule has 0 N–H and O–H groups in total. The van der Waals surface area contributed by atoms with Crippen LogP contribution in [0.5, 0.6) is 0 Å². The highest BCUT2D eigenvalue weighted by Gasteiger charge is 1.93. The smallest absolute Gasteiger partial charge is 0.0718 e. The molecule has 0 saturated heterocycles. The van der Waals surface area contributed by atoms with E-state index in [-0.39, 0.29) is 0 Å². The molecule has 0 aromatic heterocycles. The first-order valence-corrected chi connectivity index (χ1v) is 5.80. The topological polar surface area (TPSA) is 18.5 Å². The first-order valence-electron chi connectivity index (χ1n) is 4.73. The van der Waals surface area contributed by atoms with E-state index in [1.165, 1.54) is 9.13 Å². The molecule has 0 radical (unpaired) electrons. The summed E-state index contributed by atoms with van der Waals surface area (Å²) < 4.78 is 11.8. The molecule has 0 aliphatic carbocycles. The van der Waals surface area contributed by atoms with Crippen molar-refractivity contribution >= 4 is 22.6 Å². The third-order valence-electron chi connectivity index (χ3n) is 1.76. The summed E-state index contributed by atoms with van der Waals surface area (Å²) in [5, 5.41) is 0. The average Bonchev–Trinajstić information content (AvgIpc) is 2.21. The first kappa shape index (κ1) is 11.9. The van der Waals surface area contributed by atoms with Crippen LogP contribution < -0.4 is 0 Å². The minimum atomic E-state index is 0.666. The van der Waals surface area contributed by atoms with Gasteiger partial charge in [0.2, 0.25) is 0 Å². The van der Waals surface area contributed by atoms with Crippen molar-refractivity contribution in [3.8, 4) is 0 Å². The molecule has 14 heavy (non-hydrogen) atoms. The summed E-state index contributed by atoms with van der Waals surface area (Å²) >= 11 is 2.29. The summed E-state index contributed by atoms with van der Waals surface area (Å²) in [5.74, 6) is 0. The lowest BCUT2D eigenvalue weighted by Gasteiger charge is -2.04. The summed E-state index contributed by atoms with van der Waals surface area (Å²) in [6, 6.07) is 8.34. The molecular formula is C11H15IO2. The molecule has 78 valence electrons. The number of ether oxygens (including phenoxy) is 2. The first-order chi connectivity index (χ1) is 6.83. The minimum absolute atomic E-state index is 0.666. The van der Waals surface area contributed by atoms with Gasteiger partial charge < -0.3 is 9.47 Å². The van der Waals surface area contributed by atoms with Crippen LogP contribution in [-0.4, -0.2) is 19.8 Å². The fourth-order valence-electron chi connectivity index (χ4n) is 1.03. The summed E-state index contributed by atoms with van der Waals surface area (Å²) in [5.41, 5.74) is 1.21. The Morgan fingerprint density at radius 3 is 2.36 bits per heavy atom. The van der Waals surface area contributed by atoms with Gasteiger partial charge in [0, 0.05) is 10.2 Å². The largest absolute Gasteiger partial charge is 0.379 e. The van der Waals surface area contributed by atoms with Crippen molar-refractivity contribution in [2.45, 2.75) is 13.5 Å². The number of rotatable bonds is 6. The van der Waals surface area contributed by atoms with Gasteiger partial charge in [-0.05, 0) is 47.2 Å². The maximum Gasteiger partial charge on any atom is 0.0718 e. The summed E-state index contributed by atoms with van der Waals surface area (Å²) in [6.07, 6.45) is 0. The Bertz CT molecular complexity index is 246. The van der Waals surface area contributed by atoms with Gasteiger partial charge in [-0.25, -0.2) is 0 Å². The molecule has 2 nitrogen and oxygen atoms in total. The fourth-order valence-corrected chi connectivity index (χ4v) is 1.39. The van der Waals surface area contributed by atoms with Crippen LogP contribution in [0.1, 0.15) is 12.5 Å². The van der Waals surface area contributed by atoms with E-state index in [1.807, 2.05) is 6.92 Å². The van der Waals surface area contributed by atoms with E-state index in [0.717, 1.165) is 6.61 Å². The van der Waals surface area contributed by atoms with Crippen LogP contribution in [0.25, 0.3) is 0 Å². The van der Waals surface area contributed by atoms with E-state index in [0.29, 0.717) is 19.8 Å². The maximum absolute atomic E-state index is 5.43. The van der Waals surface area contributed by atoms with Crippen LogP contribution >= 0.6 is 22.6 Å². The van der Waals surface area contributed by atoms with Crippen molar-refractivity contribution in [3.63, 3.8) is 0 Å². The zero-order valence-electron chi connectivity index (χ0n) is 8.33. The van der Waals surface area contributed by atoms with Gasteiger partial charge in [-0.15, -0.1) is 0 Å². The second kappa shape index (κ2) is 7.20. The van der Waals surface area contributed by atoms with Gasteiger partial charge in [0.1, 0.15) is 0 Å². The lowest BCUT2D eigenvalue weighted by atomic mass is 10.2. The molecule has 0 unspecified atom stereocenters. The van der Waals surface area contributed by atoms with Gasteiger partial charge in [-0.2, -0.15) is 0 Å². The number of halogens is 1. The normalized spacial score (nSPS) is 10.4. The highest BCUT2D eigenvalue weighted by molar-refractivity contribution is 14.1. The lowest BCUT2D eigenvalue weighted by molar-refractivity contribution is 0.0453. The van der Waals surface area contributed by atoms with Crippen LogP contribution in [-0.2, 0) is 16.1 Å². The summed E-state index contributed by atoms with van der Waals surface area (Å²) in [4.78, 5) is 0. The van der Waals surface area contributed by atoms with Crippen LogP contribution in [0.3, 0.4) is 0 Å². The Labute approximate surface area is 98.7 Å². The highest BCUT2D eigenvalue weighted by Crippen LogP contribution is 2.07. The van der Waals surface area contributed by atoms with E-state index in [1.54, 1.807) is 0 Å². The minimum Gasteiger partial charge on any atom is -0.379 e. The Morgan fingerprint density at radius 2 is 1.71 bits per heavy atom. The van der Waals surface area contributed by atoms with Crippen molar-refractivity contribution in [2.75, 3.05) is 19.8 Å². The third kappa shape index (κ3) is 4.93. The predicted octanol–water partition coefficient (Wildman–Crippen LogP) is 2.84. The average molecular weight is 306 g/mol. The number of hydrogen-bond donors (Lipinski definition) is 0. The quantitative estimate of drug-likeness (QED) is 0.594. The Kier molecular flexibility index (Phi) is 6.14. The van der Waals surface area contributed by atoms with E-state index >= 15 is 0 Å². The second-order valence-corrected chi connectivity index (χ2v) is 4.12. The van der Waals surface area contributed by atoms with Crippen LogP contribution in [0, 0.1) is 3.57 Å². The van der Waals surface area contributed by atoms with Crippen LogP contribution in [0.2, 0.25) is 0 Å². The molecule has 0 bridgehead atoms. The van der Waals surface area contributed by atoms with Gasteiger partial charge in [0.05, 0.1) is 19.8 Å². The molecule has 0 aliphatic heterocycles. The second-order valence-electron chi connectivity index (χ2n) is 2.88. The van der Waals surface area contributed by atoms with Gasteiger partial charge in [-0.1, -0.05) is 12.1 Å². The molecule has 1 aromatic rings. The molecule has 0 fully saturated rings. The number of hydrogen-bond acceptors (Lipinski definition) is 2. The molecule has 1 aromatic carbocycles. The van der Waals surface area contributed by atoms with Crippen molar-refractivity contribution in [3.05, 3.63) is 33.4 Å². The van der Waals surface area contributed by atoms with E-state index in [2.05, 4.69) is 46.9 Å². The zero-order valence-corrected chi connectivity index (χ0v) is 10.5. The lowest BCUT2D eigenvalue weighted by Crippen LogP contribution is -2.03. The molecule has 3 heteroatoms. The molecule has 1 rings (SSSR count). The van der Waals surface area contributed by atoms with E-state index in [4.69, 9.17) is 9.47 Å². The molecule has 0 aliphatic rings. The van der Waals surface area contributed by atoms with E-state index in [9.17, 15) is 0 Å². The summed E-state index contributed by atoms with van der Waals surface area (Å²) in [6.45, 7) is 4.76. The zero-order chi connectivity index (χ0) is 10.2. The van der Waals surface area contributed by atoms with E-state index < -0.39 is 0 Å². The molecule has 0 spiro atoms. The van der Waals surface area contributed by atoms with Crippen molar-refractivity contribution in [1.82, 2.24) is 0 Å². The Morgan fingerprint density at radius 1 is 1.07 bits per heavy atom. The predicted molar refractivity (Wildman–Crippen MR) is 65.3 cm³/mol. The van der Waals surface area contributed by atoms with Crippen molar-refractivity contribution < 1.29 is 9.47 Å². The molecule has 0 atom stereocenters. The molecule has 0 heterocycles. The fraction of sp³-hybridized carbons (Fsp3) is 0.455. The van der Waals surface area contributed by atoms with Crippen molar-refractivity contribution in [2.24, 2.45) is 0 Å². The van der Waals surface area contributed by atoms with Crippen LogP contribution in [0.4, 0.5) is 0 Å².